The van der Waals surface area contributed by atoms with Crippen molar-refractivity contribution in [3.63, 3.8) is 0 Å². The summed E-state index contributed by atoms with van der Waals surface area (Å²) < 4.78 is 11.8. The Kier molecular flexibility index (Phi) is 6.58. The summed E-state index contributed by atoms with van der Waals surface area (Å²) >= 11 is 0. The topological polar surface area (TPSA) is 64.4 Å². The molecule has 1 N–H and O–H groups in total. The molecule has 1 amide bonds. The van der Waals surface area contributed by atoms with Gasteiger partial charge in [0, 0.05) is 11.3 Å². The molecule has 0 atom stereocenters. The second-order valence-electron chi connectivity index (χ2n) is 9.69. The fourth-order valence-electron chi connectivity index (χ4n) is 4.80. The normalized spacial score (nSPS) is 14.3. The van der Waals surface area contributed by atoms with Crippen LogP contribution >= 0.6 is 0 Å². The fraction of sp³-hybridized carbons (Fsp3) is 0.333. The molecule has 180 valence electrons. The molecule has 0 unspecified atom stereocenters. The van der Waals surface area contributed by atoms with Gasteiger partial charge in [-0.05, 0) is 98.2 Å². The lowest BCUT2D eigenvalue weighted by atomic mass is 9.84. The van der Waals surface area contributed by atoms with Crippen LogP contribution in [0, 0.1) is 20.8 Å². The van der Waals surface area contributed by atoms with Crippen molar-refractivity contribution in [2.75, 3.05) is 11.9 Å². The molecule has 0 aliphatic heterocycles. The summed E-state index contributed by atoms with van der Waals surface area (Å²) in [6.07, 6.45) is 6.52. The van der Waals surface area contributed by atoms with Crippen molar-refractivity contribution in [2.45, 2.75) is 58.8 Å². The van der Waals surface area contributed by atoms with E-state index in [4.69, 9.17) is 9.15 Å². The first kappa shape index (κ1) is 23.2. The first-order valence-electron chi connectivity index (χ1n) is 12.5. The van der Waals surface area contributed by atoms with E-state index in [1.807, 2.05) is 49.4 Å². The van der Waals surface area contributed by atoms with Crippen LogP contribution in [-0.2, 0) is 4.79 Å². The average Bonchev–Trinajstić information content (AvgIpc) is 3.28. The molecule has 1 fully saturated rings. The van der Waals surface area contributed by atoms with Gasteiger partial charge in [-0.3, -0.25) is 4.79 Å². The van der Waals surface area contributed by atoms with Crippen LogP contribution in [0.1, 0.15) is 60.3 Å². The Morgan fingerprint density at radius 2 is 1.69 bits per heavy atom. The number of carbonyl (C=O) groups excluding carboxylic acids is 1. The predicted molar refractivity (Wildman–Crippen MR) is 140 cm³/mol. The summed E-state index contributed by atoms with van der Waals surface area (Å²) in [6.45, 7) is 6.04. The number of nitrogens with one attached hydrogen (secondary N) is 1. The van der Waals surface area contributed by atoms with Gasteiger partial charge in [-0.1, -0.05) is 37.5 Å². The van der Waals surface area contributed by atoms with Crippen LogP contribution in [0.3, 0.4) is 0 Å². The van der Waals surface area contributed by atoms with E-state index >= 15 is 0 Å². The maximum Gasteiger partial charge on any atom is 0.262 e. The second-order valence-corrected chi connectivity index (χ2v) is 9.69. The summed E-state index contributed by atoms with van der Waals surface area (Å²) in [5, 5.41) is 2.97. The SMILES string of the molecule is Cc1cc2nc(-c3ccc(C)c(NC(=O)COc4ccc(C5CCCCC5)cc4)c3)oc2cc1C. The van der Waals surface area contributed by atoms with Crippen molar-refractivity contribution in [3.05, 3.63) is 76.9 Å². The Balaban J connectivity index is 1.24. The van der Waals surface area contributed by atoms with Crippen molar-refractivity contribution in [1.82, 2.24) is 4.98 Å². The Morgan fingerprint density at radius 3 is 2.46 bits per heavy atom. The number of ether oxygens (including phenoxy) is 1. The number of aromatic nitrogens is 1. The molecule has 0 spiro atoms. The minimum atomic E-state index is -0.203. The molecular formula is C30H32N2O3. The molecule has 0 saturated heterocycles. The van der Waals surface area contributed by atoms with Crippen LogP contribution in [0.5, 0.6) is 5.75 Å². The van der Waals surface area contributed by atoms with Gasteiger partial charge in [0.15, 0.2) is 12.2 Å². The summed E-state index contributed by atoms with van der Waals surface area (Å²) in [6, 6.07) is 18.1. The number of hydrogen-bond acceptors (Lipinski definition) is 4. The highest BCUT2D eigenvalue weighted by molar-refractivity contribution is 5.93. The molecule has 0 radical (unpaired) electrons. The van der Waals surface area contributed by atoms with Crippen molar-refractivity contribution in [3.8, 4) is 17.2 Å². The van der Waals surface area contributed by atoms with Gasteiger partial charge in [-0.2, -0.15) is 0 Å². The maximum atomic E-state index is 12.6. The Bertz CT molecular complexity index is 1310. The number of aryl methyl sites for hydroxylation is 3. The zero-order chi connectivity index (χ0) is 24.4. The molecule has 1 aromatic heterocycles. The maximum absolute atomic E-state index is 12.6. The van der Waals surface area contributed by atoms with E-state index < -0.39 is 0 Å². The fourth-order valence-corrected chi connectivity index (χ4v) is 4.80. The molecule has 5 rings (SSSR count). The van der Waals surface area contributed by atoms with Gasteiger partial charge in [-0.25, -0.2) is 4.98 Å². The van der Waals surface area contributed by atoms with Gasteiger partial charge in [-0.15, -0.1) is 0 Å². The Labute approximate surface area is 206 Å². The highest BCUT2D eigenvalue weighted by atomic mass is 16.5. The van der Waals surface area contributed by atoms with E-state index in [1.165, 1.54) is 48.8 Å². The number of amides is 1. The lowest BCUT2D eigenvalue weighted by Gasteiger charge is -2.22. The Hall–Kier alpha value is -3.60. The van der Waals surface area contributed by atoms with Crippen LogP contribution in [0.25, 0.3) is 22.6 Å². The Morgan fingerprint density at radius 1 is 0.943 bits per heavy atom. The molecule has 1 heterocycles. The number of rotatable bonds is 6. The second kappa shape index (κ2) is 9.95. The van der Waals surface area contributed by atoms with Crippen LogP contribution in [0.4, 0.5) is 5.69 Å². The quantitative estimate of drug-likeness (QED) is 0.318. The zero-order valence-corrected chi connectivity index (χ0v) is 20.7. The summed E-state index contributed by atoms with van der Waals surface area (Å²) in [4.78, 5) is 17.3. The molecule has 1 saturated carbocycles. The molecule has 3 aromatic carbocycles. The van der Waals surface area contributed by atoms with Crippen LogP contribution < -0.4 is 10.1 Å². The number of oxazole rings is 1. The first-order valence-corrected chi connectivity index (χ1v) is 12.5. The number of hydrogen-bond donors (Lipinski definition) is 1. The van der Waals surface area contributed by atoms with Crippen LogP contribution in [-0.4, -0.2) is 17.5 Å². The van der Waals surface area contributed by atoms with Gasteiger partial charge in [0.2, 0.25) is 5.89 Å². The lowest BCUT2D eigenvalue weighted by Crippen LogP contribution is -2.20. The number of benzene rings is 3. The van der Waals surface area contributed by atoms with E-state index in [0.717, 1.165) is 27.9 Å². The van der Waals surface area contributed by atoms with E-state index in [1.54, 1.807) is 0 Å². The number of carbonyl (C=O) groups is 1. The highest BCUT2D eigenvalue weighted by Gasteiger charge is 2.16. The van der Waals surface area contributed by atoms with E-state index in [-0.39, 0.29) is 12.5 Å². The zero-order valence-electron chi connectivity index (χ0n) is 20.7. The van der Waals surface area contributed by atoms with Crippen molar-refractivity contribution in [2.24, 2.45) is 0 Å². The van der Waals surface area contributed by atoms with E-state index in [9.17, 15) is 4.79 Å². The summed E-state index contributed by atoms with van der Waals surface area (Å²) in [7, 11) is 0. The van der Waals surface area contributed by atoms with E-state index in [2.05, 4.69) is 36.3 Å². The van der Waals surface area contributed by atoms with E-state index in [0.29, 0.717) is 17.6 Å². The van der Waals surface area contributed by atoms with Gasteiger partial charge in [0.25, 0.3) is 5.91 Å². The van der Waals surface area contributed by atoms with Gasteiger partial charge in [0.1, 0.15) is 11.3 Å². The predicted octanol–water partition coefficient (Wildman–Crippen LogP) is 7.49. The molecule has 5 nitrogen and oxygen atoms in total. The molecule has 5 heteroatoms. The average molecular weight is 469 g/mol. The van der Waals surface area contributed by atoms with Crippen molar-refractivity contribution in [1.29, 1.82) is 0 Å². The third kappa shape index (κ3) is 5.24. The van der Waals surface area contributed by atoms with Crippen molar-refractivity contribution >= 4 is 22.7 Å². The smallest absolute Gasteiger partial charge is 0.262 e. The number of nitrogens with zero attached hydrogens (tertiary/aromatic N) is 1. The summed E-state index contributed by atoms with van der Waals surface area (Å²) in [5.74, 6) is 1.70. The lowest BCUT2D eigenvalue weighted by molar-refractivity contribution is -0.118. The molecule has 4 aromatic rings. The standard InChI is InChI=1S/C30H32N2O3/c1-19-9-10-24(30-32-27-15-20(2)21(3)16-28(27)35-30)17-26(19)31-29(33)18-34-25-13-11-23(12-14-25)22-7-5-4-6-8-22/h9-17,22H,4-8,18H2,1-3H3,(H,31,33). The van der Waals surface area contributed by atoms with Crippen molar-refractivity contribution < 1.29 is 13.9 Å². The van der Waals surface area contributed by atoms with Gasteiger partial charge < -0.3 is 14.5 Å². The molecule has 35 heavy (non-hydrogen) atoms. The minimum absolute atomic E-state index is 0.0477. The monoisotopic (exact) mass is 468 g/mol. The number of fused-ring (bicyclic) bond motifs is 1. The third-order valence-electron chi connectivity index (χ3n) is 7.09. The molecular weight excluding hydrogens is 436 g/mol. The summed E-state index contributed by atoms with van der Waals surface area (Å²) in [5.41, 5.74) is 7.81. The highest BCUT2D eigenvalue weighted by Crippen LogP contribution is 2.33. The number of anilines is 1. The first-order chi connectivity index (χ1) is 17.0. The third-order valence-corrected chi connectivity index (χ3v) is 7.09. The molecule has 1 aliphatic carbocycles. The minimum Gasteiger partial charge on any atom is -0.484 e. The van der Waals surface area contributed by atoms with Gasteiger partial charge >= 0.3 is 0 Å². The van der Waals surface area contributed by atoms with Crippen LogP contribution in [0.15, 0.2) is 59.0 Å². The molecule has 0 bridgehead atoms. The van der Waals surface area contributed by atoms with Gasteiger partial charge in [0.05, 0.1) is 0 Å². The van der Waals surface area contributed by atoms with Crippen LogP contribution in [0.2, 0.25) is 0 Å². The molecule has 1 aliphatic rings. The largest absolute Gasteiger partial charge is 0.484 e.